The Hall–Kier alpha value is -1.77. The number of hydrogen-bond donors (Lipinski definition) is 1. The molecule has 1 N–H and O–H groups in total. The number of benzene rings is 1. The summed E-state index contributed by atoms with van der Waals surface area (Å²) in [5.74, 6) is -0.398. The van der Waals surface area contributed by atoms with Gasteiger partial charge in [-0.15, -0.1) is 0 Å². The molecule has 0 aliphatic carbocycles. The molecule has 0 fully saturated rings. The standard InChI is InChI=1S/C13H16FN3O3S/c1-17-9-12(7-15-17)21(18,19)16-8-13(20-2)10-4-3-5-11(14)6-10/h3-7,9,13,16H,8H2,1-2H3/t13-/m0/s1. The number of aromatic nitrogens is 2. The highest BCUT2D eigenvalue weighted by Crippen LogP contribution is 2.17. The van der Waals surface area contributed by atoms with Gasteiger partial charge in [0.25, 0.3) is 0 Å². The zero-order chi connectivity index (χ0) is 15.5. The van der Waals surface area contributed by atoms with Crippen LogP contribution in [0.1, 0.15) is 11.7 Å². The normalized spacial score (nSPS) is 13.3. The molecule has 0 bridgehead atoms. The van der Waals surface area contributed by atoms with E-state index in [2.05, 4.69) is 9.82 Å². The van der Waals surface area contributed by atoms with Crippen molar-refractivity contribution in [3.8, 4) is 0 Å². The Morgan fingerprint density at radius 3 is 2.81 bits per heavy atom. The Labute approximate surface area is 122 Å². The molecule has 0 aliphatic heterocycles. The number of rotatable bonds is 6. The third-order valence-electron chi connectivity index (χ3n) is 2.96. The molecule has 0 radical (unpaired) electrons. The second-order valence-electron chi connectivity index (χ2n) is 4.48. The Kier molecular flexibility index (Phi) is 4.71. The van der Waals surface area contributed by atoms with E-state index in [9.17, 15) is 12.8 Å². The van der Waals surface area contributed by atoms with Crippen LogP contribution < -0.4 is 4.72 Å². The van der Waals surface area contributed by atoms with E-state index in [0.29, 0.717) is 5.56 Å². The molecule has 114 valence electrons. The summed E-state index contributed by atoms with van der Waals surface area (Å²) in [5.41, 5.74) is 0.561. The van der Waals surface area contributed by atoms with E-state index in [1.807, 2.05) is 0 Å². The number of sulfonamides is 1. The maximum Gasteiger partial charge on any atom is 0.243 e. The van der Waals surface area contributed by atoms with Crippen molar-refractivity contribution in [2.24, 2.45) is 7.05 Å². The number of aryl methyl sites for hydroxylation is 1. The molecule has 1 atom stereocenters. The second kappa shape index (κ2) is 6.33. The summed E-state index contributed by atoms with van der Waals surface area (Å²) in [6.07, 6.45) is 2.07. The number of nitrogens with zero attached hydrogens (tertiary/aromatic N) is 2. The van der Waals surface area contributed by atoms with Gasteiger partial charge in [-0.05, 0) is 17.7 Å². The molecule has 1 aromatic carbocycles. The first kappa shape index (κ1) is 15.6. The van der Waals surface area contributed by atoms with Crippen LogP contribution in [-0.2, 0) is 21.8 Å². The molecule has 0 spiro atoms. The van der Waals surface area contributed by atoms with Crippen molar-refractivity contribution in [1.29, 1.82) is 0 Å². The fraction of sp³-hybridized carbons (Fsp3) is 0.308. The molecule has 6 nitrogen and oxygen atoms in total. The highest BCUT2D eigenvalue weighted by atomic mass is 32.2. The molecule has 0 aliphatic rings. The first-order valence-electron chi connectivity index (χ1n) is 6.19. The third kappa shape index (κ3) is 3.87. The summed E-state index contributed by atoms with van der Waals surface area (Å²) in [6, 6.07) is 5.85. The van der Waals surface area contributed by atoms with E-state index in [1.165, 1.54) is 36.3 Å². The van der Waals surface area contributed by atoms with Crippen molar-refractivity contribution < 1.29 is 17.5 Å². The molecule has 0 saturated carbocycles. The average Bonchev–Trinajstić information content (AvgIpc) is 2.87. The lowest BCUT2D eigenvalue weighted by molar-refractivity contribution is 0.107. The molecule has 1 heterocycles. The van der Waals surface area contributed by atoms with E-state index in [1.54, 1.807) is 19.2 Å². The van der Waals surface area contributed by atoms with E-state index in [0.717, 1.165) is 0 Å². The average molecular weight is 313 g/mol. The summed E-state index contributed by atoms with van der Waals surface area (Å²) in [5, 5.41) is 3.82. The van der Waals surface area contributed by atoms with Crippen molar-refractivity contribution in [2.45, 2.75) is 11.0 Å². The van der Waals surface area contributed by atoms with Crippen LogP contribution in [0.4, 0.5) is 4.39 Å². The van der Waals surface area contributed by atoms with Crippen molar-refractivity contribution in [3.05, 3.63) is 48.0 Å². The Morgan fingerprint density at radius 1 is 1.48 bits per heavy atom. The van der Waals surface area contributed by atoms with Crippen LogP contribution in [-0.4, -0.2) is 31.9 Å². The quantitative estimate of drug-likeness (QED) is 0.870. The lowest BCUT2D eigenvalue weighted by atomic mass is 10.1. The maximum atomic E-state index is 13.2. The SMILES string of the molecule is CO[C@@H](CNS(=O)(=O)c1cnn(C)c1)c1cccc(F)c1. The van der Waals surface area contributed by atoms with Crippen LogP contribution in [0.2, 0.25) is 0 Å². The van der Waals surface area contributed by atoms with Gasteiger partial charge in [0.05, 0.1) is 12.3 Å². The molecular weight excluding hydrogens is 297 g/mol. The van der Waals surface area contributed by atoms with E-state index in [4.69, 9.17) is 4.74 Å². The lowest BCUT2D eigenvalue weighted by Gasteiger charge is -2.16. The minimum Gasteiger partial charge on any atom is -0.375 e. The number of hydrogen-bond acceptors (Lipinski definition) is 4. The number of ether oxygens (including phenoxy) is 1. The molecular formula is C13H16FN3O3S. The van der Waals surface area contributed by atoms with Gasteiger partial charge in [-0.25, -0.2) is 17.5 Å². The number of halogens is 1. The summed E-state index contributed by atoms with van der Waals surface area (Å²) in [4.78, 5) is 0.0686. The first-order valence-corrected chi connectivity index (χ1v) is 7.67. The van der Waals surface area contributed by atoms with Gasteiger partial charge in [-0.3, -0.25) is 4.68 Å². The fourth-order valence-electron chi connectivity index (χ4n) is 1.85. The molecule has 2 aromatic rings. The van der Waals surface area contributed by atoms with Crippen LogP contribution >= 0.6 is 0 Å². The van der Waals surface area contributed by atoms with Crippen LogP contribution in [0, 0.1) is 5.82 Å². The zero-order valence-corrected chi connectivity index (χ0v) is 12.5. The number of nitrogens with one attached hydrogen (secondary N) is 1. The van der Waals surface area contributed by atoms with Crippen molar-refractivity contribution >= 4 is 10.0 Å². The minimum absolute atomic E-state index is 0.00280. The summed E-state index contributed by atoms with van der Waals surface area (Å²) < 4.78 is 46.4. The van der Waals surface area contributed by atoms with Crippen LogP contribution in [0.3, 0.4) is 0 Å². The monoisotopic (exact) mass is 313 g/mol. The third-order valence-corrected chi connectivity index (χ3v) is 4.33. The molecule has 0 amide bonds. The minimum atomic E-state index is -3.67. The summed E-state index contributed by atoms with van der Waals surface area (Å²) in [7, 11) is -0.603. The lowest BCUT2D eigenvalue weighted by Crippen LogP contribution is -2.29. The van der Waals surface area contributed by atoms with E-state index >= 15 is 0 Å². The molecule has 21 heavy (non-hydrogen) atoms. The summed E-state index contributed by atoms with van der Waals surface area (Å²) >= 11 is 0. The Morgan fingerprint density at radius 2 is 2.24 bits per heavy atom. The maximum absolute atomic E-state index is 13.2. The van der Waals surface area contributed by atoms with Crippen molar-refractivity contribution in [3.63, 3.8) is 0 Å². The van der Waals surface area contributed by atoms with E-state index < -0.39 is 21.9 Å². The van der Waals surface area contributed by atoms with Crippen molar-refractivity contribution in [1.82, 2.24) is 14.5 Å². The van der Waals surface area contributed by atoms with Gasteiger partial charge in [0, 0.05) is 26.9 Å². The van der Waals surface area contributed by atoms with Gasteiger partial charge in [-0.1, -0.05) is 12.1 Å². The largest absolute Gasteiger partial charge is 0.375 e. The summed E-state index contributed by atoms with van der Waals surface area (Å²) in [6.45, 7) is -0.00280. The molecule has 0 unspecified atom stereocenters. The predicted octanol–water partition coefficient (Wildman–Crippen LogP) is 1.23. The van der Waals surface area contributed by atoms with Gasteiger partial charge >= 0.3 is 0 Å². The zero-order valence-electron chi connectivity index (χ0n) is 11.7. The van der Waals surface area contributed by atoms with E-state index in [-0.39, 0.29) is 11.4 Å². The Bertz CT molecular complexity index is 715. The first-order chi connectivity index (χ1) is 9.92. The predicted molar refractivity (Wildman–Crippen MR) is 74.5 cm³/mol. The smallest absolute Gasteiger partial charge is 0.243 e. The van der Waals surface area contributed by atoms with Gasteiger partial charge in [-0.2, -0.15) is 5.10 Å². The van der Waals surface area contributed by atoms with Crippen LogP contribution in [0.15, 0.2) is 41.6 Å². The van der Waals surface area contributed by atoms with Gasteiger partial charge in [0.2, 0.25) is 10.0 Å². The second-order valence-corrected chi connectivity index (χ2v) is 6.25. The molecule has 2 rings (SSSR count). The highest BCUT2D eigenvalue weighted by Gasteiger charge is 2.19. The van der Waals surface area contributed by atoms with Gasteiger partial charge < -0.3 is 4.74 Å². The fourth-order valence-corrected chi connectivity index (χ4v) is 2.87. The number of methoxy groups -OCH3 is 1. The topological polar surface area (TPSA) is 73.2 Å². The Balaban J connectivity index is 2.10. The van der Waals surface area contributed by atoms with Gasteiger partial charge in [0.15, 0.2) is 0 Å². The van der Waals surface area contributed by atoms with Gasteiger partial charge in [0.1, 0.15) is 10.7 Å². The van der Waals surface area contributed by atoms with Crippen LogP contribution in [0.5, 0.6) is 0 Å². The molecule has 8 heteroatoms. The van der Waals surface area contributed by atoms with Crippen LogP contribution in [0.25, 0.3) is 0 Å². The molecule has 0 saturated heterocycles. The highest BCUT2D eigenvalue weighted by molar-refractivity contribution is 7.89. The van der Waals surface area contributed by atoms with Crippen molar-refractivity contribution in [2.75, 3.05) is 13.7 Å². The molecule has 1 aromatic heterocycles.